The van der Waals surface area contributed by atoms with E-state index in [0.29, 0.717) is 23.5 Å². The van der Waals surface area contributed by atoms with Crippen LogP contribution in [-0.4, -0.2) is 29.8 Å². The van der Waals surface area contributed by atoms with Gasteiger partial charge in [0.2, 0.25) is 0 Å². The second-order valence-electron chi connectivity index (χ2n) is 5.70. The summed E-state index contributed by atoms with van der Waals surface area (Å²) in [6.45, 7) is 0.314. The number of aromatic carboxylic acids is 1. The Morgan fingerprint density at radius 2 is 1.72 bits per heavy atom. The molecule has 0 radical (unpaired) electrons. The van der Waals surface area contributed by atoms with Gasteiger partial charge in [0.15, 0.2) is 11.2 Å². The van der Waals surface area contributed by atoms with Gasteiger partial charge in [-0.1, -0.05) is 0 Å². The predicted molar refractivity (Wildman–Crippen MR) is 91.9 cm³/mol. The summed E-state index contributed by atoms with van der Waals surface area (Å²) in [6.07, 6.45) is 0. The van der Waals surface area contributed by atoms with Crippen LogP contribution in [0.3, 0.4) is 0 Å². The molecule has 0 unspecified atom stereocenters. The Bertz CT molecular complexity index is 1090. The Labute approximate surface area is 141 Å². The van der Waals surface area contributed by atoms with Crippen LogP contribution in [0.5, 0.6) is 0 Å². The lowest BCUT2D eigenvalue weighted by molar-refractivity contribution is 0.0697. The molecule has 0 fully saturated rings. The molecule has 0 bridgehead atoms. The summed E-state index contributed by atoms with van der Waals surface area (Å²) in [5.41, 5.74) is 0.770. The standard InChI is InChI=1S/C16H17N5O4/c1-19-11(8-17-10-6-4-9(5-7-10)15(23)24)18-13-12(19)14(22)21(3)16(25)20(13)2/h4-7,17H,8H2,1-3H3,(H,23,24). The maximum absolute atomic E-state index is 12.3. The average Bonchev–Trinajstić information content (AvgIpc) is 2.93. The van der Waals surface area contributed by atoms with Crippen molar-refractivity contribution in [3.8, 4) is 0 Å². The van der Waals surface area contributed by atoms with Gasteiger partial charge in [-0.05, 0) is 24.3 Å². The quantitative estimate of drug-likeness (QED) is 0.704. The molecule has 0 atom stereocenters. The number of anilines is 1. The SMILES string of the molecule is Cn1c(=O)c2c(nc(CNc3ccc(C(=O)O)cc3)n2C)n(C)c1=O. The number of carboxylic acids is 1. The van der Waals surface area contributed by atoms with Crippen molar-refractivity contribution in [2.45, 2.75) is 6.54 Å². The number of fused-ring (bicyclic) bond motifs is 1. The zero-order valence-electron chi connectivity index (χ0n) is 14.0. The zero-order chi connectivity index (χ0) is 18.3. The molecular weight excluding hydrogens is 326 g/mol. The molecule has 3 rings (SSSR count). The highest BCUT2D eigenvalue weighted by Crippen LogP contribution is 2.13. The molecule has 0 saturated carbocycles. The second-order valence-corrected chi connectivity index (χ2v) is 5.70. The molecule has 2 aromatic heterocycles. The first-order chi connectivity index (χ1) is 11.8. The van der Waals surface area contributed by atoms with Crippen LogP contribution in [-0.2, 0) is 27.7 Å². The minimum atomic E-state index is -0.987. The molecule has 0 aliphatic rings. The largest absolute Gasteiger partial charge is 0.478 e. The number of nitrogens with zero attached hydrogens (tertiary/aromatic N) is 4. The summed E-state index contributed by atoms with van der Waals surface area (Å²) in [6, 6.07) is 6.31. The van der Waals surface area contributed by atoms with Crippen LogP contribution in [0.25, 0.3) is 11.2 Å². The third-order valence-electron chi connectivity index (χ3n) is 4.15. The Balaban J connectivity index is 1.95. The van der Waals surface area contributed by atoms with Crippen LogP contribution in [0.4, 0.5) is 5.69 Å². The molecule has 0 amide bonds. The number of nitrogens with one attached hydrogen (secondary N) is 1. The van der Waals surface area contributed by atoms with Crippen LogP contribution in [0.15, 0.2) is 33.9 Å². The summed E-state index contributed by atoms with van der Waals surface area (Å²) < 4.78 is 4.03. The van der Waals surface area contributed by atoms with Gasteiger partial charge in [-0.25, -0.2) is 14.6 Å². The van der Waals surface area contributed by atoms with Gasteiger partial charge in [0, 0.05) is 26.8 Å². The smallest absolute Gasteiger partial charge is 0.335 e. The lowest BCUT2D eigenvalue weighted by Crippen LogP contribution is -2.37. The fraction of sp³-hybridized carbons (Fsp3) is 0.250. The van der Waals surface area contributed by atoms with E-state index in [-0.39, 0.29) is 5.56 Å². The lowest BCUT2D eigenvalue weighted by atomic mass is 10.2. The van der Waals surface area contributed by atoms with Gasteiger partial charge < -0.3 is 15.0 Å². The lowest BCUT2D eigenvalue weighted by Gasteiger charge is -2.07. The summed E-state index contributed by atoms with van der Waals surface area (Å²) in [5, 5.41) is 12.0. The Kier molecular flexibility index (Phi) is 3.91. The van der Waals surface area contributed by atoms with Gasteiger partial charge in [-0.15, -0.1) is 0 Å². The summed E-state index contributed by atoms with van der Waals surface area (Å²) in [5.74, 6) is -0.408. The van der Waals surface area contributed by atoms with E-state index in [0.717, 1.165) is 10.3 Å². The van der Waals surface area contributed by atoms with E-state index >= 15 is 0 Å². The number of carbonyl (C=O) groups is 1. The van der Waals surface area contributed by atoms with Crippen LogP contribution in [0.1, 0.15) is 16.2 Å². The van der Waals surface area contributed by atoms with Crippen molar-refractivity contribution < 1.29 is 9.90 Å². The highest BCUT2D eigenvalue weighted by Gasteiger charge is 2.16. The Hall–Kier alpha value is -3.36. The maximum atomic E-state index is 12.3. The molecule has 3 aromatic rings. The number of carboxylic acid groups (broad SMARTS) is 1. The van der Waals surface area contributed by atoms with Crippen molar-refractivity contribution in [2.75, 3.05) is 5.32 Å². The summed E-state index contributed by atoms with van der Waals surface area (Å²) in [7, 11) is 4.71. The van der Waals surface area contributed by atoms with Gasteiger partial charge in [-0.3, -0.25) is 13.9 Å². The number of benzene rings is 1. The van der Waals surface area contributed by atoms with Crippen molar-refractivity contribution in [1.29, 1.82) is 0 Å². The highest BCUT2D eigenvalue weighted by molar-refractivity contribution is 5.88. The number of imidazole rings is 1. The zero-order valence-corrected chi connectivity index (χ0v) is 14.0. The van der Waals surface area contributed by atoms with E-state index in [2.05, 4.69) is 10.3 Å². The molecule has 25 heavy (non-hydrogen) atoms. The van der Waals surface area contributed by atoms with Crippen molar-refractivity contribution in [3.05, 3.63) is 56.5 Å². The first-order valence-electron chi connectivity index (χ1n) is 7.49. The van der Waals surface area contributed by atoms with Crippen molar-refractivity contribution in [1.82, 2.24) is 18.7 Å². The third kappa shape index (κ3) is 2.69. The first kappa shape index (κ1) is 16.5. The average molecular weight is 343 g/mol. The van der Waals surface area contributed by atoms with Gasteiger partial charge in [0.25, 0.3) is 5.56 Å². The van der Waals surface area contributed by atoms with Crippen molar-refractivity contribution in [2.24, 2.45) is 21.1 Å². The van der Waals surface area contributed by atoms with Crippen molar-refractivity contribution in [3.63, 3.8) is 0 Å². The Morgan fingerprint density at radius 1 is 1.08 bits per heavy atom. The normalized spacial score (nSPS) is 11.0. The van der Waals surface area contributed by atoms with E-state index in [4.69, 9.17) is 5.11 Å². The minimum absolute atomic E-state index is 0.201. The molecule has 0 aliphatic heterocycles. The molecule has 9 nitrogen and oxygen atoms in total. The van der Waals surface area contributed by atoms with E-state index in [1.165, 1.54) is 23.7 Å². The molecule has 2 heterocycles. The summed E-state index contributed by atoms with van der Waals surface area (Å²) in [4.78, 5) is 39.6. The van der Waals surface area contributed by atoms with Gasteiger partial charge in [0.1, 0.15) is 5.82 Å². The highest BCUT2D eigenvalue weighted by atomic mass is 16.4. The molecule has 1 aromatic carbocycles. The van der Waals surface area contributed by atoms with E-state index in [1.54, 1.807) is 30.8 Å². The predicted octanol–water partition coefficient (Wildman–Crippen LogP) is 0.281. The van der Waals surface area contributed by atoms with Crippen LogP contribution in [0, 0.1) is 0 Å². The van der Waals surface area contributed by atoms with Crippen molar-refractivity contribution >= 4 is 22.8 Å². The van der Waals surface area contributed by atoms with E-state index < -0.39 is 17.2 Å². The number of rotatable bonds is 4. The second kappa shape index (κ2) is 5.93. The monoisotopic (exact) mass is 343 g/mol. The molecular formula is C16H17N5O4. The van der Waals surface area contributed by atoms with Gasteiger partial charge in [0.05, 0.1) is 12.1 Å². The van der Waals surface area contributed by atoms with Crippen LogP contribution in [0.2, 0.25) is 0 Å². The number of hydrogen-bond donors (Lipinski definition) is 2. The van der Waals surface area contributed by atoms with E-state index in [1.807, 2.05) is 0 Å². The van der Waals surface area contributed by atoms with Gasteiger partial charge in [-0.2, -0.15) is 0 Å². The minimum Gasteiger partial charge on any atom is -0.478 e. The molecule has 130 valence electrons. The third-order valence-corrected chi connectivity index (χ3v) is 4.15. The van der Waals surface area contributed by atoms with Crippen LogP contribution < -0.4 is 16.6 Å². The fourth-order valence-corrected chi connectivity index (χ4v) is 2.63. The Morgan fingerprint density at radius 3 is 2.32 bits per heavy atom. The molecule has 9 heteroatoms. The molecule has 0 aliphatic carbocycles. The van der Waals surface area contributed by atoms with Gasteiger partial charge >= 0.3 is 11.7 Å². The fourth-order valence-electron chi connectivity index (χ4n) is 2.63. The number of hydrogen-bond acceptors (Lipinski definition) is 5. The first-order valence-corrected chi connectivity index (χ1v) is 7.49. The number of aryl methyl sites for hydroxylation is 2. The van der Waals surface area contributed by atoms with Crippen LogP contribution >= 0.6 is 0 Å². The molecule has 0 spiro atoms. The molecule has 2 N–H and O–H groups in total. The molecule has 0 saturated heterocycles. The topological polar surface area (TPSA) is 111 Å². The maximum Gasteiger partial charge on any atom is 0.335 e. The number of aromatic nitrogens is 4. The van der Waals surface area contributed by atoms with E-state index in [9.17, 15) is 14.4 Å². The summed E-state index contributed by atoms with van der Waals surface area (Å²) >= 11 is 0.